The second-order valence-corrected chi connectivity index (χ2v) is 6.66. The fraction of sp³-hybridized carbons (Fsp3) is 0.0714. The Bertz CT molecular complexity index is 698. The maximum atomic E-state index is 10.6. The van der Waals surface area contributed by atoms with E-state index in [9.17, 15) is 4.79 Å². The van der Waals surface area contributed by atoms with Crippen LogP contribution < -0.4 is 4.74 Å². The zero-order valence-corrected chi connectivity index (χ0v) is 14.4. The van der Waals surface area contributed by atoms with Gasteiger partial charge in [-0.15, -0.1) is 11.3 Å². The molecule has 0 unspecified atom stereocenters. The van der Waals surface area contributed by atoms with Gasteiger partial charge >= 0.3 is 5.97 Å². The van der Waals surface area contributed by atoms with Crippen molar-refractivity contribution in [1.29, 1.82) is 0 Å². The molecule has 2 aromatic rings. The lowest BCUT2D eigenvalue weighted by molar-refractivity contribution is -0.131. The number of rotatable bonds is 5. The third kappa shape index (κ3) is 4.48. The molecule has 0 aliphatic heterocycles. The summed E-state index contributed by atoms with van der Waals surface area (Å²) in [7, 11) is 0. The van der Waals surface area contributed by atoms with Gasteiger partial charge in [0.05, 0.1) is 9.90 Å². The number of carboxylic acids is 1. The molecule has 1 aromatic carbocycles. The molecule has 110 valence electrons. The summed E-state index contributed by atoms with van der Waals surface area (Å²) < 4.78 is 6.68. The number of ether oxygens (including phenoxy) is 1. The normalized spacial score (nSPS) is 11.0. The first-order chi connectivity index (χ1) is 9.97. The Morgan fingerprint density at radius 3 is 2.81 bits per heavy atom. The Hall–Kier alpha value is -1.01. The minimum absolute atomic E-state index is 0.327. The summed E-state index contributed by atoms with van der Waals surface area (Å²) in [5.41, 5.74) is 0.516. The second kappa shape index (κ2) is 7.31. The van der Waals surface area contributed by atoms with Crippen LogP contribution >= 0.6 is 50.5 Å². The van der Waals surface area contributed by atoms with E-state index in [1.807, 2.05) is 11.4 Å². The largest absolute Gasteiger partial charge is 0.486 e. The molecule has 0 radical (unpaired) electrons. The van der Waals surface area contributed by atoms with E-state index in [0.29, 0.717) is 28.0 Å². The summed E-state index contributed by atoms with van der Waals surface area (Å²) >= 11 is 17.0. The number of hydrogen-bond acceptors (Lipinski definition) is 3. The van der Waals surface area contributed by atoms with Crippen LogP contribution in [0, 0.1) is 0 Å². The molecule has 0 saturated heterocycles. The predicted octanol–water partition coefficient (Wildman–Crippen LogP) is 5.49. The Balaban J connectivity index is 2.28. The number of carbonyl (C=O) groups is 1. The fourth-order valence-electron chi connectivity index (χ4n) is 1.58. The highest BCUT2D eigenvalue weighted by Crippen LogP contribution is 2.35. The molecule has 0 aliphatic rings. The summed E-state index contributed by atoms with van der Waals surface area (Å²) in [5.74, 6) is -0.656. The Morgan fingerprint density at radius 1 is 1.43 bits per heavy atom. The lowest BCUT2D eigenvalue weighted by Crippen LogP contribution is -1.97. The molecule has 0 fully saturated rings. The van der Waals surface area contributed by atoms with E-state index in [2.05, 4.69) is 15.9 Å². The van der Waals surface area contributed by atoms with E-state index in [1.165, 1.54) is 6.08 Å². The van der Waals surface area contributed by atoms with Crippen LogP contribution in [0.1, 0.15) is 10.4 Å². The van der Waals surface area contributed by atoms with E-state index in [-0.39, 0.29) is 0 Å². The number of halogens is 3. The molecule has 0 amide bonds. The minimum atomic E-state index is -1.06. The van der Waals surface area contributed by atoms with Crippen molar-refractivity contribution in [3.8, 4) is 5.75 Å². The van der Waals surface area contributed by atoms with Crippen molar-refractivity contribution in [1.82, 2.24) is 0 Å². The molecule has 1 heterocycles. The molecule has 21 heavy (non-hydrogen) atoms. The summed E-state index contributed by atoms with van der Waals surface area (Å²) in [5, 5.41) is 11.4. The summed E-state index contributed by atoms with van der Waals surface area (Å²) in [6.07, 6.45) is 2.41. The maximum Gasteiger partial charge on any atom is 0.328 e. The molecular formula is C14H9BrCl2O3S. The Labute approximate surface area is 143 Å². The average molecular weight is 408 g/mol. The summed E-state index contributed by atoms with van der Waals surface area (Å²) in [6.45, 7) is 0.327. The highest BCUT2D eigenvalue weighted by Gasteiger charge is 2.11. The lowest BCUT2D eigenvalue weighted by Gasteiger charge is -2.11. The van der Waals surface area contributed by atoms with E-state index < -0.39 is 5.97 Å². The van der Waals surface area contributed by atoms with Crippen molar-refractivity contribution >= 4 is 62.5 Å². The summed E-state index contributed by atoms with van der Waals surface area (Å²) in [6, 6.07) is 5.09. The first-order valence-corrected chi connectivity index (χ1v) is 8.15. The number of benzene rings is 1. The van der Waals surface area contributed by atoms with Crippen LogP contribution in [0.2, 0.25) is 10.0 Å². The van der Waals surface area contributed by atoms with Crippen LogP contribution in [-0.4, -0.2) is 11.1 Å². The molecule has 0 saturated carbocycles. The highest BCUT2D eigenvalue weighted by molar-refractivity contribution is 9.10. The van der Waals surface area contributed by atoms with Crippen LogP contribution in [0.25, 0.3) is 6.08 Å². The van der Waals surface area contributed by atoms with Crippen molar-refractivity contribution in [3.05, 3.63) is 54.6 Å². The van der Waals surface area contributed by atoms with Gasteiger partial charge < -0.3 is 9.84 Å². The van der Waals surface area contributed by atoms with Crippen molar-refractivity contribution in [2.75, 3.05) is 0 Å². The van der Waals surface area contributed by atoms with Gasteiger partial charge in [0.15, 0.2) is 0 Å². The van der Waals surface area contributed by atoms with Crippen LogP contribution in [0.5, 0.6) is 5.75 Å². The van der Waals surface area contributed by atoms with Crippen LogP contribution in [0.3, 0.4) is 0 Å². The third-order valence-electron chi connectivity index (χ3n) is 2.48. The zero-order valence-electron chi connectivity index (χ0n) is 10.5. The molecule has 1 aromatic heterocycles. The van der Waals surface area contributed by atoms with Crippen molar-refractivity contribution in [2.45, 2.75) is 6.61 Å². The highest BCUT2D eigenvalue weighted by atomic mass is 79.9. The molecule has 0 spiro atoms. The quantitative estimate of drug-likeness (QED) is 0.666. The van der Waals surface area contributed by atoms with E-state index in [4.69, 9.17) is 33.0 Å². The van der Waals surface area contributed by atoms with Gasteiger partial charge in [-0.05, 0) is 45.6 Å². The van der Waals surface area contributed by atoms with Gasteiger partial charge in [0, 0.05) is 21.1 Å². The van der Waals surface area contributed by atoms with Gasteiger partial charge in [0.25, 0.3) is 0 Å². The van der Waals surface area contributed by atoms with Crippen LogP contribution in [0.15, 0.2) is 34.1 Å². The molecule has 7 heteroatoms. The minimum Gasteiger partial charge on any atom is -0.486 e. The lowest BCUT2D eigenvalue weighted by atomic mass is 10.2. The van der Waals surface area contributed by atoms with Gasteiger partial charge in [-0.1, -0.05) is 23.2 Å². The number of aliphatic carboxylic acids is 1. The molecule has 0 bridgehead atoms. The van der Waals surface area contributed by atoms with Gasteiger partial charge in [-0.3, -0.25) is 0 Å². The van der Waals surface area contributed by atoms with Gasteiger partial charge in [-0.2, -0.15) is 0 Å². The van der Waals surface area contributed by atoms with Crippen molar-refractivity contribution < 1.29 is 14.6 Å². The zero-order chi connectivity index (χ0) is 15.4. The number of hydrogen-bond donors (Lipinski definition) is 1. The van der Waals surface area contributed by atoms with Crippen LogP contribution in [-0.2, 0) is 11.4 Å². The Morgan fingerprint density at radius 2 is 2.19 bits per heavy atom. The number of carboxylic acid groups (broad SMARTS) is 1. The topological polar surface area (TPSA) is 46.5 Å². The maximum absolute atomic E-state index is 10.6. The molecular weight excluding hydrogens is 399 g/mol. The first kappa shape index (κ1) is 16.4. The molecule has 3 nitrogen and oxygen atoms in total. The first-order valence-electron chi connectivity index (χ1n) is 5.72. The van der Waals surface area contributed by atoms with Gasteiger partial charge in [0.1, 0.15) is 12.4 Å². The monoisotopic (exact) mass is 406 g/mol. The fourth-order valence-corrected chi connectivity index (χ4v) is 3.52. The smallest absolute Gasteiger partial charge is 0.328 e. The van der Waals surface area contributed by atoms with E-state index >= 15 is 0 Å². The second-order valence-electron chi connectivity index (χ2n) is 3.96. The van der Waals surface area contributed by atoms with Crippen molar-refractivity contribution in [2.24, 2.45) is 0 Å². The van der Waals surface area contributed by atoms with Crippen LogP contribution in [0.4, 0.5) is 0 Å². The van der Waals surface area contributed by atoms with Gasteiger partial charge in [-0.25, -0.2) is 4.79 Å². The third-order valence-corrected chi connectivity index (χ3v) is 4.88. The van der Waals surface area contributed by atoms with Crippen molar-refractivity contribution in [3.63, 3.8) is 0 Å². The Kier molecular flexibility index (Phi) is 5.70. The number of thiophene rings is 1. The summed E-state index contributed by atoms with van der Waals surface area (Å²) in [4.78, 5) is 11.7. The van der Waals surface area contributed by atoms with E-state index in [1.54, 1.807) is 23.5 Å². The SMILES string of the molecule is O=C(O)C=Cc1cc(Cl)cc(Cl)c1OCc1sccc1Br. The van der Waals surface area contributed by atoms with E-state index in [0.717, 1.165) is 15.4 Å². The molecule has 1 N–H and O–H groups in total. The predicted molar refractivity (Wildman–Crippen MR) is 89.5 cm³/mol. The average Bonchev–Trinajstić information content (AvgIpc) is 2.80. The standard InChI is InChI=1S/C14H9BrCl2O3S/c15-10-3-4-21-12(10)7-20-14-8(1-2-13(18)19)5-9(16)6-11(14)17/h1-6H,7H2,(H,18,19). The molecule has 0 atom stereocenters. The van der Waals surface area contributed by atoms with Gasteiger partial charge in [0.2, 0.25) is 0 Å². The molecule has 2 rings (SSSR count). The molecule has 0 aliphatic carbocycles.